The van der Waals surface area contributed by atoms with Crippen LogP contribution in [0, 0.1) is 5.41 Å². The minimum atomic E-state index is -0.736. The molecule has 0 bridgehead atoms. The molecule has 1 aromatic heterocycles. The first-order valence-electron chi connectivity index (χ1n) is 9.49. The Morgan fingerprint density at radius 3 is 2.69 bits per heavy atom. The summed E-state index contributed by atoms with van der Waals surface area (Å²) < 4.78 is 1.53. The minimum Gasteiger partial charge on any atom is -0.391 e. The van der Waals surface area contributed by atoms with E-state index in [0.29, 0.717) is 10.7 Å². The van der Waals surface area contributed by atoms with Gasteiger partial charge in [-0.25, -0.2) is 4.68 Å². The van der Waals surface area contributed by atoms with Gasteiger partial charge in [0.05, 0.1) is 12.3 Å². The number of carbonyl (C=O) groups excluding carboxylic acids is 2. The van der Waals surface area contributed by atoms with E-state index < -0.39 is 23.6 Å². The molecule has 2 unspecified atom stereocenters. The zero-order valence-corrected chi connectivity index (χ0v) is 17.7. The number of nitrogens with one attached hydrogen (secondary N) is 1. The van der Waals surface area contributed by atoms with Crippen molar-refractivity contribution >= 4 is 23.4 Å². The predicted octanol–water partition coefficient (Wildman–Crippen LogP) is 1.89. The first-order valence-corrected chi connectivity index (χ1v) is 9.87. The van der Waals surface area contributed by atoms with E-state index in [0.717, 1.165) is 5.56 Å². The van der Waals surface area contributed by atoms with Crippen LogP contribution in [0.3, 0.4) is 0 Å². The SMILES string of the molecule is CNC(=O)C1CC(O)CN1C(=O)[C@@H](n1cc(-c2cccc(Cl)c2)nn1)C(C)(C)C. The number of hydrogen-bond donors (Lipinski definition) is 2. The van der Waals surface area contributed by atoms with E-state index in [-0.39, 0.29) is 24.8 Å². The number of rotatable bonds is 4. The zero-order valence-electron chi connectivity index (χ0n) is 17.0. The van der Waals surface area contributed by atoms with Gasteiger partial charge in [0.1, 0.15) is 17.8 Å². The van der Waals surface area contributed by atoms with Crippen molar-refractivity contribution < 1.29 is 14.7 Å². The Morgan fingerprint density at radius 1 is 1.34 bits per heavy atom. The highest BCUT2D eigenvalue weighted by Gasteiger charge is 2.45. The van der Waals surface area contributed by atoms with E-state index in [1.807, 2.05) is 32.9 Å². The molecule has 2 heterocycles. The van der Waals surface area contributed by atoms with E-state index in [2.05, 4.69) is 15.6 Å². The second-order valence-electron chi connectivity index (χ2n) is 8.37. The molecular weight excluding hydrogens is 394 g/mol. The first kappa shape index (κ1) is 21.3. The summed E-state index contributed by atoms with van der Waals surface area (Å²) in [5.74, 6) is -0.564. The number of aromatic nitrogens is 3. The summed E-state index contributed by atoms with van der Waals surface area (Å²) in [5, 5.41) is 21.6. The number of hydrogen-bond acceptors (Lipinski definition) is 5. The topological polar surface area (TPSA) is 100 Å². The molecule has 1 saturated heterocycles. The van der Waals surface area contributed by atoms with Gasteiger partial charge in [0.2, 0.25) is 11.8 Å². The average Bonchev–Trinajstić information content (AvgIpc) is 3.27. The van der Waals surface area contributed by atoms with E-state index in [1.165, 1.54) is 16.6 Å². The van der Waals surface area contributed by atoms with Crippen LogP contribution < -0.4 is 5.32 Å². The molecule has 2 aromatic rings. The molecular formula is C20H26ClN5O3. The van der Waals surface area contributed by atoms with Gasteiger partial charge in [-0.05, 0) is 17.5 Å². The highest BCUT2D eigenvalue weighted by molar-refractivity contribution is 6.30. The summed E-state index contributed by atoms with van der Waals surface area (Å²) in [5.41, 5.74) is 0.888. The predicted molar refractivity (Wildman–Crippen MR) is 109 cm³/mol. The van der Waals surface area contributed by atoms with Crippen molar-refractivity contribution in [1.82, 2.24) is 25.2 Å². The number of aliphatic hydroxyl groups excluding tert-OH is 1. The molecule has 1 aromatic carbocycles. The first-order chi connectivity index (χ1) is 13.6. The van der Waals surface area contributed by atoms with Crippen LogP contribution in [-0.2, 0) is 9.59 Å². The number of aliphatic hydroxyl groups is 1. The fraction of sp³-hybridized carbons (Fsp3) is 0.500. The fourth-order valence-corrected chi connectivity index (χ4v) is 3.88. The monoisotopic (exact) mass is 419 g/mol. The molecule has 1 fully saturated rings. The molecule has 0 saturated carbocycles. The standard InChI is InChI=1S/C20H26ClN5O3/c1-20(2,3)17(19(29)25-10-14(27)9-16(25)18(28)22-4)26-11-15(23-24-26)12-6-5-7-13(21)8-12/h5-8,11,14,16-17,27H,9-10H2,1-4H3,(H,22,28)/t14?,16?,17-/m1/s1. The summed E-state index contributed by atoms with van der Waals surface area (Å²) in [6.07, 6.45) is 1.19. The summed E-state index contributed by atoms with van der Waals surface area (Å²) in [6.45, 7) is 5.90. The Hall–Kier alpha value is -2.45. The lowest BCUT2D eigenvalue weighted by molar-refractivity contribution is -0.144. The smallest absolute Gasteiger partial charge is 0.248 e. The van der Waals surface area contributed by atoms with Crippen LogP contribution >= 0.6 is 11.6 Å². The number of amides is 2. The number of nitrogens with zero attached hydrogens (tertiary/aromatic N) is 4. The number of likely N-dealkylation sites (tertiary alicyclic amines) is 1. The normalized spacial score (nSPS) is 20.6. The van der Waals surface area contributed by atoms with Gasteiger partial charge in [-0.15, -0.1) is 5.10 Å². The molecule has 2 N–H and O–H groups in total. The Balaban J connectivity index is 1.95. The number of carbonyl (C=O) groups is 2. The number of β-amino-alcohol motifs (C(OH)–C–C–N with tert-alkyl or cyclic N) is 1. The quantitative estimate of drug-likeness (QED) is 0.788. The largest absolute Gasteiger partial charge is 0.391 e. The Morgan fingerprint density at radius 2 is 2.07 bits per heavy atom. The van der Waals surface area contributed by atoms with E-state index in [1.54, 1.807) is 18.3 Å². The molecule has 0 spiro atoms. The maximum atomic E-state index is 13.5. The molecule has 1 aliphatic heterocycles. The van der Waals surface area contributed by atoms with Crippen molar-refractivity contribution in [2.45, 2.75) is 45.4 Å². The van der Waals surface area contributed by atoms with Crippen molar-refractivity contribution in [1.29, 1.82) is 0 Å². The highest BCUT2D eigenvalue weighted by atomic mass is 35.5. The highest BCUT2D eigenvalue weighted by Crippen LogP contribution is 2.35. The van der Waals surface area contributed by atoms with Crippen LogP contribution in [0.4, 0.5) is 0 Å². The van der Waals surface area contributed by atoms with Crippen LogP contribution in [0.1, 0.15) is 33.2 Å². The van der Waals surface area contributed by atoms with Gasteiger partial charge >= 0.3 is 0 Å². The molecule has 156 valence electrons. The molecule has 2 amide bonds. The Kier molecular flexibility index (Phi) is 5.95. The molecule has 3 rings (SSSR count). The number of likely N-dealkylation sites (N-methyl/N-ethyl adjacent to an activating group) is 1. The van der Waals surface area contributed by atoms with Gasteiger partial charge in [0.25, 0.3) is 0 Å². The van der Waals surface area contributed by atoms with Crippen LogP contribution in [0.5, 0.6) is 0 Å². The van der Waals surface area contributed by atoms with Crippen LogP contribution in [0.2, 0.25) is 5.02 Å². The minimum absolute atomic E-state index is 0.110. The second-order valence-corrected chi connectivity index (χ2v) is 8.81. The maximum Gasteiger partial charge on any atom is 0.248 e. The molecule has 1 aliphatic rings. The van der Waals surface area contributed by atoms with E-state index in [9.17, 15) is 14.7 Å². The number of benzene rings is 1. The Labute approximate surface area is 174 Å². The molecule has 0 radical (unpaired) electrons. The summed E-state index contributed by atoms with van der Waals surface area (Å²) >= 11 is 6.07. The average molecular weight is 420 g/mol. The fourth-order valence-electron chi connectivity index (χ4n) is 3.69. The van der Waals surface area contributed by atoms with Gasteiger partial charge in [0.15, 0.2) is 0 Å². The third kappa shape index (κ3) is 4.43. The third-order valence-electron chi connectivity index (χ3n) is 5.06. The lowest BCUT2D eigenvalue weighted by Crippen LogP contribution is -2.49. The van der Waals surface area contributed by atoms with Gasteiger partial charge in [-0.3, -0.25) is 9.59 Å². The molecule has 8 nitrogen and oxygen atoms in total. The second kappa shape index (κ2) is 8.12. The third-order valence-corrected chi connectivity index (χ3v) is 5.30. The summed E-state index contributed by atoms with van der Waals surface area (Å²) in [4.78, 5) is 27.2. The van der Waals surface area contributed by atoms with Gasteiger partial charge in [-0.1, -0.05) is 49.7 Å². The van der Waals surface area contributed by atoms with Crippen molar-refractivity contribution in [3.8, 4) is 11.3 Å². The maximum absolute atomic E-state index is 13.5. The number of halogens is 1. The van der Waals surface area contributed by atoms with Crippen LogP contribution in [0.15, 0.2) is 30.5 Å². The van der Waals surface area contributed by atoms with E-state index >= 15 is 0 Å². The lowest BCUT2D eigenvalue weighted by atomic mass is 9.85. The van der Waals surface area contributed by atoms with Gasteiger partial charge < -0.3 is 15.3 Å². The summed E-state index contributed by atoms with van der Waals surface area (Å²) in [7, 11) is 1.52. The summed E-state index contributed by atoms with van der Waals surface area (Å²) in [6, 6.07) is 5.84. The van der Waals surface area contributed by atoms with Crippen molar-refractivity contribution in [2.24, 2.45) is 5.41 Å². The van der Waals surface area contributed by atoms with Gasteiger partial charge in [0, 0.05) is 30.6 Å². The Bertz CT molecular complexity index is 908. The lowest BCUT2D eigenvalue weighted by Gasteiger charge is -2.34. The van der Waals surface area contributed by atoms with E-state index in [4.69, 9.17) is 11.6 Å². The van der Waals surface area contributed by atoms with Gasteiger partial charge in [-0.2, -0.15) is 0 Å². The van der Waals surface area contributed by atoms with Crippen LogP contribution in [0.25, 0.3) is 11.3 Å². The molecule has 9 heteroatoms. The molecule has 29 heavy (non-hydrogen) atoms. The molecule has 3 atom stereocenters. The zero-order chi connectivity index (χ0) is 21.3. The van der Waals surface area contributed by atoms with Crippen molar-refractivity contribution in [3.63, 3.8) is 0 Å². The van der Waals surface area contributed by atoms with Crippen LogP contribution in [-0.4, -0.2) is 62.6 Å². The molecule has 0 aliphatic carbocycles. The van der Waals surface area contributed by atoms with Crippen molar-refractivity contribution in [3.05, 3.63) is 35.5 Å². The van der Waals surface area contributed by atoms with Crippen molar-refractivity contribution in [2.75, 3.05) is 13.6 Å².